The van der Waals surface area contributed by atoms with Crippen LogP contribution >= 0.6 is 0 Å². The Balaban J connectivity index is 1.28. The van der Waals surface area contributed by atoms with E-state index in [4.69, 9.17) is 0 Å². The van der Waals surface area contributed by atoms with E-state index in [9.17, 15) is 10.2 Å². The Morgan fingerprint density at radius 3 is 2.42 bits per heavy atom. The van der Waals surface area contributed by atoms with E-state index in [2.05, 4.69) is 36.7 Å². The van der Waals surface area contributed by atoms with E-state index in [0.29, 0.717) is 23.5 Å². The van der Waals surface area contributed by atoms with Crippen molar-refractivity contribution in [3.8, 4) is 29.4 Å². The second-order valence-corrected chi connectivity index (χ2v) is 11.7. The summed E-state index contributed by atoms with van der Waals surface area (Å²) in [5.41, 5.74) is 5.00. The number of aromatic hydroxyl groups is 1. The molecule has 36 heavy (non-hydrogen) atoms. The summed E-state index contributed by atoms with van der Waals surface area (Å²) in [6.07, 6.45) is 10.4. The smallest absolute Gasteiger partial charge is 0.131 e. The summed E-state index contributed by atoms with van der Waals surface area (Å²) < 4.78 is 0. The molecule has 2 N–H and O–H groups in total. The first-order valence-corrected chi connectivity index (χ1v) is 13.8. The quantitative estimate of drug-likeness (QED) is 0.406. The minimum absolute atomic E-state index is 0.166. The molecule has 2 aromatic carbocycles. The molecule has 0 aliphatic heterocycles. The van der Waals surface area contributed by atoms with Crippen LogP contribution in [0.15, 0.2) is 59.7 Å². The highest BCUT2D eigenvalue weighted by Crippen LogP contribution is 2.64. The summed E-state index contributed by atoms with van der Waals surface area (Å²) >= 11 is 0. The molecule has 0 bridgehead atoms. The molecule has 2 saturated carbocycles. The van der Waals surface area contributed by atoms with Crippen LogP contribution in [0.2, 0.25) is 0 Å². The molecule has 2 nitrogen and oxygen atoms in total. The Bertz CT molecular complexity index is 1310. The fourth-order valence-corrected chi connectivity index (χ4v) is 7.82. The summed E-state index contributed by atoms with van der Waals surface area (Å²) in [4.78, 5) is 0. The van der Waals surface area contributed by atoms with Crippen LogP contribution in [-0.4, -0.2) is 15.8 Å². The first kappa shape index (κ1) is 23.5. The molecular weight excluding hydrogens is 440 g/mol. The molecule has 0 amide bonds. The zero-order valence-electron chi connectivity index (χ0n) is 21.3. The van der Waals surface area contributed by atoms with E-state index in [1.807, 2.05) is 42.5 Å². The largest absolute Gasteiger partial charge is 0.508 e. The SMILES string of the molecule is C[C@]12CC[C@@H]3c4ccc(O)cc4CC[C@H]3[C@@H]1CC[C@@]2(O)C#CC1=C(C#Cc2ccccc2)CCCC1. The summed E-state index contributed by atoms with van der Waals surface area (Å²) in [5.74, 6) is 15.7. The number of rotatable bonds is 0. The Labute approximate surface area is 215 Å². The number of allylic oxidation sites excluding steroid dienone is 2. The lowest BCUT2D eigenvalue weighted by Crippen LogP contribution is -2.50. The third-order valence-corrected chi connectivity index (χ3v) is 9.88. The Morgan fingerprint density at radius 2 is 1.61 bits per heavy atom. The van der Waals surface area contributed by atoms with Crippen molar-refractivity contribution in [3.05, 3.63) is 76.4 Å². The molecule has 184 valence electrons. The molecule has 0 unspecified atom stereocenters. The van der Waals surface area contributed by atoms with E-state index >= 15 is 0 Å². The van der Waals surface area contributed by atoms with Gasteiger partial charge >= 0.3 is 0 Å². The molecule has 0 heterocycles. The first-order chi connectivity index (χ1) is 17.5. The van der Waals surface area contributed by atoms with Crippen LogP contribution in [0.5, 0.6) is 5.75 Å². The lowest BCUT2D eigenvalue weighted by molar-refractivity contribution is -0.0647. The first-order valence-electron chi connectivity index (χ1n) is 13.8. The van der Waals surface area contributed by atoms with Crippen LogP contribution in [0, 0.1) is 40.9 Å². The minimum Gasteiger partial charge on any atom is -0.508 e. The van der Waals surface area contributed by atoms with Crippen molar-refractivity contribution < 1.29 is 10.2 Å². The van der Waals surface area contributed by atoms with E-state index in [-0.39, 0.29) is 5.41 Å². The Kier molecular flexibility index (Phi) is 5.98. The van der Waals surface area contributed by atoms with Crippen LogP contribution in [0.4, 0.5) is 0 Å². The average Bonchev–Trinajstić information content (AvgIpc) is 3.17. The molecule has 0 spiro atoms. The van der Waals surface area contributed by atoms with Gasteiger partial charge in [-0.2, -0.15) is 0 Å². The van der Waals surface area contributed by atoms with Gasteiger partial charge in [0.05, 0.1) is 0 Å². The highest BCUT2D eigenvalue weighted by atomic mass is 16.3. The average molecular weight is 477 g/mol. The highest BCUT2D eigenvalue weighted by Gasteiger charge is 2.61. The van der Waals surface area contributed by atoms with Crippen LogP contribution in [0.3, 0.4) is 0 Å². The molecule has 4 aliphatic carbocycles. The normalized spacial score (nSPS) is 32.8. The van der Waals surface area contributed by atoms with Gasteiger partial charge in [0.1, 0.15) is 11.4 Å². The van der Waals surface area contributed by atoms with Crippen molar-refractivity contribution in [1.29, 1.82) is 0 Å². The minimum atomic E-state index is -0.930. The maximum absolute atomic E-state index is 12.0. The summed E-state index contributed by atoms with van der Waals surface area (Å²) in [6.45, 7) is 2.31. The van der Waals surface area contributed by atoms with Gasteiger partial charge in [0.25, 0.3) is 0 Å². The number of phenolic OH excluding ortho intramolecular Hbond substituents is 1. The maximum Gasteiger partial charge on any atom is 0.131 e. The standard InChI is InChI=1S/C34H36O2/c1-33-20-18-30-29-16-14-28(35)23-27(29)13-15-31(30)32(33)19-22-34(33,36)21-17-26-10-6-5-9-25(26)12-11-24-7-3-2-4-8-24/h2-4,7-8,14,16,23,30-32,35-36H,5-6,9-10,13,15,18-20,22H2,1H3/t30-,31-,32+,33+,34+/m1/s1. The van der Waals surface area contributed by atoms with Gasteiger partial charge in [-0.3, -0.25) is 0 Å². The number of hydrogen-bond donors (Lipinski definition) is 2. The van der Waals surface area contributed by atoms with Gasteiger partial charge in [0.2, 0.25) is 0 Å². The molecule has 4 aliphatic rings. The predicted molar refractivity (Wildman–Crippen MR) is 144 cm³/mol. The molecule has 0 radical (unpaired) electrons. The Hall–Kier alpha value is -2.94. The van der Waals surface area contributed by atoms with Gasteiger partial charge in [-0.15, -0.1) is 0 Å². The molecule has 2 fully saturated rings. The molecule has 5 atom stereocenters. The molecule has 6 rings (SSSR count). The van der Waals surface area contributed by atoms with Gasteiger partial charge in [-0.1, -0.05) is 54.9 Å². The molecule has 2 heteroatoms. The van der Waals surface area contributed by atoms with Crippen LogP contribution in [0.25, 0.3) is 0 Å². The van der Waals surface area contributed by atoms with Crippen molar-refractivity contribution in [1.82, 2.24) is 0 Å². The third-order valence-electron chi connectivity index (χ3n) is 9.88. The van der Waals surface area contributed by atoms with Gasteiger partial charge < -0.3 is 10.2 Å². The third kappa shape index (κ3) is 3.97. The number of aryl methyl sites for hydroxylation is 1. The number of hydrogen-bond acceptors (Lipinski definition) is 2. The Morgan fingerprint density at radius 1 is 0.833 bits per heavy atom. The van der Waals surface area contributed by atoms with E-state index in [0.717, 1.165) is 80.9 Å². The summed E-state index contributed by atoms with van der Waals surface area (Å²) in [5, 5.41) is 22.0. The van der Waals surface area contributed by atoms with E-state index < -0.39 is 5.60 Å². The van der Waals surface area contributed by atoms with Crippen molar-refractivity contribution in [2.24, 2.45) is 17.3 Å². The van der Waals surface area contributed by atoms with Crippen molar-refractivity contribution >= 4 is 0 Å². The highest BCUT2D eigenvalue weighted by molar-refractivity contribution is 5.49. The van der Waals surface area contributed by atoms with E-state index in [1.165, 1.54) is 11.1 Å². The van der Waals surface area contributed by atoms with Gasteiger partial charge in [-0.05, 0) is 117 Å². The second-order valence-electron chi connectivity index (χ2n) is 11.7. The van der Waals surface area contributed by atoms with Crippen LogP contribution in [0.1, 0.15) is 87.3 Å². The van der Waals surface area contributed by atoms with Gasteiger partial charge in [0, 0.05) is 22.1 Å². The van der Waals surface area contributed by atoms with Crippen LogP contribution in [-0.2, 0) is 6.42 Å². The fraction of sp³-hybridized carbons (Fsp3) is 0.471. The number of fused-ring (bicyclic) bond motifs is 5. The zero-order valence-corrected chi connectivity index (χ0v) is 21.3. The van der Waals surface area contributed by atoms with Crippen LogP contribution < -0.4 is 0 Å². The number of aliphatic hydroxyl groups is 1. The fourth-order valence-electron chi connectivity index (χ4n) is 7.82. The molecule has 2 aromatic rings. The zero-order chi connectivity index (χ0) is 24.8. The predicted octanol–water partition coefficient (Wildman–Crippen LogP) is 6.91. The molecule has 0 aromatic heterocycles. The topological polar surface area (TPSA) is 40.5 Å². The molecule has 0 saturated heterocycles. The van der Waals surface area contributed by atoms with Gasteiger partial charge in [-0.25, -0.2) is 0 Å². The lowest BCUT2D eigenvalue weighted by Gasteiger charge is -2.52. The molecular formula is C34H36O2. The van der Waals surface area contributed by atoms with Crippen molar-refractivity contribution in [2.45, 2.75) is 82.7 Å². The van der Waals surface area contributed by atoms with Gasteiger partial charge in [0.15, 0.2) is 0 Å². The monoisotopic (exact) mass is 476 g/mol. The van der Waals surface area contributed by atoms with Crippen molar-refractivity contribution in [3.63, 3.8) is 0 Å². The lowest BCUT2D eigenvalue weighted by atomic mass is 9.53. The van der Waals surface area contributed by atoms with Crippen molar-refractivity contribution in [2.75, 3.05) is 0 Å². The summed E-state index contributed by atoms with van der Waals surface area (Å²) in [6, 6.07) is 16.1. The summed E-state index contributed by atoms with van der Waals surface area (Å²) in [7, 11) is 0. The number of phenols is 1. The maximum atomic E-state index is 12.0. The number of benzene rings is 2. The second kappa shape index (κ2) is 9.18. The van der Waals surface area contributed by atoms with E-state index in [1.54, 1.807) is 0 Å².